The molecule has 4 nitrogen and oxygen atoms in total. The number of guanidine groups is 1. The van der Waals surface area contributed by atoms with E-state index in [4.69, 9.17) is 4.74 Å². The first-order chi connectivity index (χ1) is 10.3. The van der Waals surface area contributed by atoms with Gasteiger partial charge >= 0.3 is 0 Å². The third kappa shape index (κ3) is 6.79. The van der Waals surface area contributed by atoms with Crippen LogP contribution in [0.2, 0.25) is 0 Å². The van der Waals surface area contributed by atoms with Gasteiger partial charge in [0.15, 0.2) is 5.96 Å². The maximum absolute atomic E-state index is 5.32. The Hall–Kier alpha value is -1.08. The summed E-state index contributed by atoms with van der Waals surface area (Å²) in [5, 5.41) is 3.43. The lowest BCUT2D eigenvalue weighted by Gasteiger charge is -2.19. The van der Waals surface area contributed by atoms with Crippen molar-refractivity contribution in [2.75, 3.05) is 33.9 Å². The fraction of sp³-hybridized carbons (Fsp3) is 0.471. The maximum atomic E-state index is 5.32. The van der Waals surface area contributed by atoms with E-state index in [0.717, 1.165) is 38.6 Å². The molecule has 122 valence electrons. The predicted molar refractivity (Wildman–Crippen MR) is 103 cm³/mol. The average Bonchev–Trinajstić information content (AvgIpc) is 2.52. The Bertz CT molecular complexity index is 486. The summed E-state index contributed by atoms with van der Waals surface area (Å²) in [7, 11) is 4.04. The fourth-order valence-electron chi connectivity index (χ4n) is 2.23. The zero-order valence-electron chi connectivity index (χ0n) is 13.4. The quantitative estimate of drug-likeness (QED) is 0.348. The van der Waals surface area contributed by atoms with Crippen molar-refractivity contribution in [1.29, 1.82) is 0 Å². The molecule has 0 saturated heterocycles. The first kappa shape index (κ1) is 19.0. The molecule has 0 radical (unpaired) electrons. The molecule has 1 aromatic carbocycles. The predicted octanol–water partition coefficient (Wildman–Crippen LogP) is 3.05. The van der Waals surface area contributed by atoms with Gasteiger partial charge in [-0.15, -0.1) is 24.0 Å². The van der Waals surface area contributed by atoms with Crippen LogP contribution in [-0.4, -0.2) is 44.7 Å². The second-order valence-corrected chi connectivity index (χ2v) is 5.38. The van der Waals surface area contributed by atoms with Crippen molar-refractivity contribution in [3.63, 3.8) is 0 Å². The van der Waals surface area contributed by atoms with Gasteiger partial charge in [0, 0.05) is 20.6 Å². The lowest BCUT2D eigenvalue weighted by Crippen LogP contribution is -2.37. The highest BCUT2D eigenvalue weighted by Gasteiger charge is 2.05. The molecule has 0 aromatic heterocycles. The number of rotatable bonds is 5. The highest BCUT2D eigenvalue weighted by Crippen LogP contribution is 2.10. The molecule has 0 aliphatic carbocycles. The van der Waals surface area contributed by atoms with Crippen LogP contribution in [0.5, 0.6) is 0 Å². The van der Waals surface area contributed by atoms with Crippen molar-refractivity contribution in [2.24, 2.45) is 4.99 Å². The molecule has 1 aliphatic heterocycles. The van der Waals surface area contributed by atoms with E-state index < -0.39 is 0 Å². The highest BCUT2D eigenvalue weighted by atomic mass is 127. The van der Waals surface area contributed by atoms with E-state index in [-0.39, 0.29) is 24.0 Å². The van der Waals surface area contributed by atoms with Crippen LogP contribution in [0.1, 0.15) is 18.4 Å². The number of hydrogen-bond donors (Lipinski definition) is 1. The second kappa shape index (κ2) is 10.6. The molecule has 1 aromatic rings. The molecule has 0 spiro atoms. The van der Waals surface area contributed by atoms with E-state index >= 15 is 0 Å². The zero-order valence-corrected chi connectivity index (χ0v) is 15.7. The van der Waals surface area contributed by atoms with Crippen LogP contribution in [0.4, 0.5) is 0 Å². The number of benzene rings is 1. The van der Waals surface area contributed by atoms with Crippen LogP contribution >= 0.6 is 24.0 Å². The Morgan fingerprint density at radius 3 is 2.68 bits per heavy atom. The van der Waals surface area contributed by atoms with Gasteiger partial charge in [0.2, 0.25) is 0 Å². The van der Waals surface area contributed by atoms with Crippen molar-refractivity contribution >= 4 is 29.9 Å². The number of aliphatic imine (C=N–C) groups is 1. The number of hydrogen-bond acceptors (Lipinski definition) is 2. The van der Waals surface area contributed by atoms with Crippen LogP contribution in [0, 0.1) is 0 Å². The Kier molecular flexibility index (Phi) is 9.15. The van der Waals surface area contributed by atoms with Gasteiger partial charge in [-0.3, -0.25) is 0 Å². The van der Waals surface area contributed by atoms with Gasteiger partial charge in [-0.1, -0.05) is 42.0 Å². The molecular weight excluding hydrogens is 389 g/mol. The number of halogens is 1. The second-order valence-electron chi connectivity index (χ2n) is 5.38. The molecule has 0 bridgehead atoms. The monoisotopic (exact) mass is 415 g/mol. The molecule has 0 fully saturated rings. The maximum Gasteiger partial charge on any atom is 0.193 e. The van der Waals surface area contributed by atoms with Crippen LogP contribution < -0.4 is 5.32 Å². The Morgan fingerprint density at radius 1 is 1.27 bits per heavy atom. The van der Waals surface area contributed by atoms with Gasteiger partial charge in [-0.25, -0.2) is 4.99 Å². The average molecular weight is 415 g/mol. The van der Waals surface area contributed by atoms with Crippen molar-refractivity contribution in [3.8, 4) is 0 Å². The molecule has 1 N–H and O–H groups in total. The minimum atomic E-state index is 0. The normalized spacial score (nSPS) is 14.8. The van der Waals surface area contributed by atoms with Gasteiger partial charge < -0.3 is 15.0 Å². The van der Waals surface area contributed by atoms with Gasteiger partial charge in [0.25, 0.3) is 0 Å². The van der Waals surface area contributed by atoms with E-state index in [1.807, 2.05) is 37.2 Å². The summed E-state index contributed by atoms with van der Waals surface area (Å²) in [4.78, 5) is 6.69. The molecule has 0 amide bonds. The van der Waals surface area contributed by atoms with Crippen molar-refractivity contribution in [1.82, 2.24) is 10.2 Å². The molecule has 0 saturated carbocycles. The number of nitrogens with zero attached hydrogens (tertiary/aromatic N) is 2. The molecule has 0 atom stereocenters. The fourth-order valence-corrected chi connectivity index (χ4v) is 2.23. The Balaban J connectivity index is 0.00000242. The Labute approximate surface area is 150 Å². The third-order valence-corrected chi connectivity index (χ3v) is 3.46. The third-order valence-electron chi connectivity index (χ3n) is 3.46. The summed E-state index contributed by atoms with van der Waals surface area (Å²) in [6.07, 6.45) is 4.31. The molecule has 5 heteroatoms. The molecule has 22 heavy (non-hydrogen) atoms. The lowest BCUT2D eigenvalue weighted by atomic mass is 10.1. The van der Waals surface area contributed by atoms with Gasteiger partial charge in [-0.05, 0) is 18.4 Å². The van der Waals surface area contributed by atoms with Gasteiger partial charge in [0.1, 0.15) is 0 Å². The molecule has 1 heterocycles. The summed E-state index contributed by atoms with van der Waals surface area (Å²) in [6, 6.07) is 10.3. The van der Waals surface area contributed by atoms with Crippen LogP contribution in [0.15, 0.2) is 47.0 Å². The minimum Gasteiger partial charge on any atom is -0.377 e. The van der Waals surface area contributed by atoms with E-state index in [2.05, 4.69) is 28.5 Å². The largest absolute Gasteiger partial charge is 0.377 e. The van der Waals surface area contributed by atoms with Crippen LogP contribution in [-0.2, 0) is 11.3 Å². The van der Waals surface area contributed by atoms with Crippen molar-refractivity contribution in [3.05, 3.63) is 47.5 Å². The Morgan fingerprint density at radius 2 is 2.05 bits per heavy atom. The summed E-state index contributed by atoms with van der Waals surface area (Å²) in [5.74, 6) is 0.937. The van der Waals surface area contributed by atoms with E-state index in [9.17, 15) is 0 Å². The zero-order chi connectivity index (χ0) is 14.9. The first-order valence-electron chi connectivity index (χ1n) is 7.51. The first-order valence-corrected chi connectivity index (χ1v) is 7.51. The molecule has 0 unspecified atom stereocenters. The standard InChI is InChI=1S/C17H25N3O.HI/c1-20(2)17(19-14-16-6-4-3-5-7-16)18-11-8-15-9-12-21-13-10-15;/h3-7,9H,8,10-14H2,1-2H3,(H,18,19);1H. The molecule has 2 rings (SSSR count). The summed E-state index contributed by atoms with van der Waals surface area (Å²) in [5.41, 5.74) is 2.71. The highest BCUT2D eigenvalue weighted by molar-refractivity contribution is 14.0. The van der Waals surface area contributed by atoms with E-state index in [1.165, 1.54) is 11.1 Å². The van der Waals surface area contributed by atoms with E-state index in [1.54, 1.807) is 0 Å². The van der Waals surface area contributed by atoms with Crippen molar-refractivity contribution in [2.45, 2.75) is 19.4 Å². The summed E-state index contributed by atoms with van der Waals surface area (Å²) < 4.78 is 5.32. The number of ether oxygens (including phenoxy) is 1. The molecular formula is C17H26IN3O. The summed E-state index contributed by atoms with van der Waals surface area (Å²) in [6.45, 7) is 3.24. The van der Waals surface area contributed by atoms with E-state index in [0.29, 0.717) is 6.54 Å². The van der Waals surface area contributed by atoms with Gasteiger partial charge in [-0.2, -0.15) is 0 Å². The lowest BCUT2D eigenvalue weighted by molar-refractivity contribution is 0.153. The topological polar surface area (TPSA) is 36.9 Å². The smallest absolute Gasteiger partial charge is 0.193 e. The summed E-state index contributed by atoms with van der Waals surface area (Å²) >= 11 is 0. The molecule has 1 aliphatic rings. The number of nitrogens with one attached hydrogen (secondary N) is 1. The van der Waals surface area contributed by atoms with Crippen molar-refractivity contribution < 1.29 is 4.74 Å². The van der Waals surface area contributed by atoms with Crippen LogP contribution in [0.3, 0.4) is 0 Å². The minimum absolute atomic E-state index is 0. The van der Waals surface area contributed by atoms with Gasteiger partial charge in [0.05, 0.1) is 19.8 Å². The van der Waals surface area contributed by atoms with Crippen LogP contribution in [0.25, 0.3) is 0 Å². The SMILES string of the molecule is CN(C)C(=NCc1ccccc1)NCCC1=CCOCC1.I.